The predicted octanol–water partition coefficient (Wildman–Crippen LogP) is 3.54. The van der Waals surface area contributed by atoms with E-state index in [0.29, 0.717) is 63.3 Å². The number of methoxy groups -OCH3 is 1. The number of carbonyl (C=O) groups is 1. The Morgan fingerprint density at radius 1 is 1.27 bits per heavy atom. The summed E-state index contributed by atoms with van der Waals surface area (Å²) in [5.74, 6) is -0.0199. The van der Waals surface area contributed by atoms with E-state index in [9.17, 15) is 18.0 Å². The Morgan fingerprint density at radius 2 is 1.97 bits per heavy atom. The van der Waals surface area contributed by atoms with Crippen LogP contribution >= 0.6 is 0 Å². The number of amides is 1. The first-order chi connectivity index (χ1) is 14.3. The largest absolute Gasteiger partial charge is 0.416 e. The van der Waals surface area contributed by atoms with Crippen LogP contribution in [0.15, 0.2) is 29.4 Å². The van der Waals surface area contributed by atoms with Crippen molar-refractivity contribution in [3.05, 3.63) is 35.4 Å². The number of nitrogens with zero attached hydrogens (tertiary/aromatic N) is 1. The molecule has 0 aromatic heterocycles. The highest BCUT2D eigenvalue weighted by molar-refractivity contribution is 6.01. The van der Waals surface area contributed by atoms with E-state index in [1.165, 1.54) is 12.1 Å². The van der Waals surface area contributed by atoms with Gasteiger partial charge in [-0.05, 0) is 37.0 Å². The van der Waals surface area contributed by atoms with Gasteiger partial charge in [-0.2, -0.15) is 13.2 Å². The summed E-state index contributed by atoms with van der Waals surface area (Å²) < 4.78 is 48.7. The van der Waals surface area contributed by atoms with Crippen molar-refractivity contribution < 1.29 is 32.3 Å². The maximum absolute atomic E-state index is 12.9. The highest BCUT2D eigenvalue weighted by Gasteiger charge is 2.43. The Bertz CT molecular complexity index is 744. The molecule has 2 heterocycles. The molecule has 0 aliphatic carbocycles. The fraction of sp³-hybridized carbons (Fsp3) is 0.619. The van der Waals surface area contributed by atoms with E-state index in [2.05, 4.69) is 10.5 Å². The van der Waals surface area contributed by atoms with Crippen LogP contribution in [0.3, 0.4) is 0 Å². The van der Waals surface area contributed by atoms with Crippen molar-refractivity contribution >= 4 is 11.6 Å². The van der Waals surface area contributed by atoms with Crippen molar-refractivity contribution in [2.45, 2.75) is 44.4 Å². The molecular formula is C21H27F3N2O4. The van der Waals surface area contributed by atoms with Gasteiger partial charge >= 0.3 is 6.18 Å². The lowest BCUT2D eigenvalue weighted by Crippen LogP contribution is -2.47. The van der Waals surface area contributed by atoms with Crippen LogP contribution in [0, 0.1) is 5.41 Å². The van der Waals surface area contributed by atoms with Crippen LogP contribution in [-0.2, 0) is 25.3 Å². The van der Waals surface area contributed by atoms with Gasteiger partial charge in [0.05, 0.1) is 16.7 Å². The molecule has 6 nitrogen and oxygen atoms in total. The molecule has 1 fully saturated rings. The maximum Gasteiger partial charge on any atom is 0.416 e. The first kappa shape index (κ1) is 22.6. The van der Waals surface area contributed by atoms with Crippen molar-refractivity contribution in [2.75, 3.05) is 33.5 Å². The van der Waals surface area contributed by atoms with Gasteiger partial charge in [-0.15, -0.1) is 0 Å². The van der Waals surface area contributed by atoms with Gasteiger partial charge in [0.25, 0.3) is 0 Å². The molecule has 1 unspecified atom stereocenters. The van der Waals surface area contributed by atoms with Gasteiger partial charge in [0.1, 0.15) is 6.10 Å². The number of nitrogens with one attached hydrogen (secondary N) is 1. The monoisotopic (exact) mass is 428 g/mol. The zero-order valence-electron chi connectivity index (χ0n) is 17.0. The molecule has 0 saturated carbocycles. The van der Waals surface area contributed by atoms with E-state index in [0.717, 1.165) is 18.6 Å². The normalized spacial score (nSPS) is 21.1. The van der Waals surface area contributed by atoms with Crippen molar-refractivity contribution in [1.82, 2.24) is 5.32 Å². The summed E-state index contributed by atoms with van der Waals surface area (Å²) in [6, 6.07) is 4.89. The number of ether oxygens (including phenoxy) is 2. The minimum Gasteiger partial charge on any atom is -0.392 e. The first-order valence-corrected chi connectivity index (χ1v) is 10.1. The Morgan fingerprint density at radius 3 is 2.60 bits per heavy atom. The summed E-state index contributed by atoms with van der Waals surface area (Å²) in [7, 11) is 1.62. The Balaban J connectivity index is 1.61. The third-order valence-electron chi connectivity index (χ3n) is 5.64. The van der Waals surface area contributed by atoms with E-state index >= 15 is 0 Å². The highest BCUT2D eigenvalue weighted by atomic mass is 19.4. The van der Waals surface area contributed by atoms with E-state index in [1.807, 2.05) is 0 Å². The maximum atomic E-state index is 12.9. The molecule has 1 amide bonds. The molecule has 1 atom stereocenters. The topological polar surface area (TPSA) is 69.2 Å². The number of halogens is 3. The van der Waals surface area contributed by atoms with Gasteiger partial charge in [0.15, 0.2) is 0 Å². The molecule has 3 rings (SSSR count). The van der Waals surface area contributed by atoms with Crippen LogP contribution in [0.25, 0.3) is 0 Å². The summed E-state index contributed by atoms with van der Waals surface area (Å²) in [6.07, 6.45) is -1.82. The SMILES string of the molecule is COCCCNC(=O)C1(CC2CC(c3ccc(C(F)(F)F)cc3)=NO2)CCOCC1. The van der Waals surface area contributed by atoms with E-state index < -0.39 is 17.2 Å². The van der Waals surface area contributed by atoms with Crippen molar-refractivity contribution in [3.8, 4) is 0 Å². The summed E-state index contributed by atoms with van der Waals surface area (Å²) in [4.78, 5) is 18.5. The molecular weight excluding hydrogens is 401 g/mol. The molecule has 0 radical (unpaired) electrons. The molecule has 1 N–H and O–H groups in total. The zero-order chi connectivity index (χ0) is 21.6. The fourth-order valence-electron chi connectivity index (χ4n) is 3.89. The standard InChI is InChI=1S/C21H27F3N2O4/c1-28-10-2-9-25-19(27)20(7-11-29-12-8-20)14-17-13-18(26-30-17)15-3-5-16(6-4-15)21(22,23)24/h3-6,17H,2,7-14H2,1H3,(H,25,27). The van der Waals surface area contributed by atoms with Crippen LogP contribution in [0.5, 0.6) is 0 Å². The average molecular weight is 428 g/mol. The van der Waals surface area contributed by atoms with Crippen molar-refractivity contribution in [2.24, 2.45) is 10.6 Å². The van der Waals surface area contributed by atoms with Crippen molar-refractivity contribution in [3.63, 3.8) is 0 Å². The molecule has 1 aromatic carbocycles. The highest BCUT2D eigenvalue weighted by Crippen LogP contribution is 2.39. The smallest absolute Gasteiger partial charge is 0.392 e. The lowest BCUT2D eigenvalue weighted by molar-refractivity contribution is -0.140. The molecule has 1 aromatic rings. The lowest BCUT2D eigenvalue weighted by Gasteiger charge is -2.37. The van der Waals surface area contributed by atoms with Crippen LogP contribution in [0.4, 0.5) is 13.2 Å². The number of oxime groups is 1. The third kappa shape index (κ3) is 5.51. The number of hydrogen-bond donors (Lipinski definition) is 1. The second kappa shape index (κ2) is 9.78. The van der Waals surface area contributed by atoms with Crippen molar-refractivity contribution in [1.29, 1.82) is 0 Å². The van der Waals surface area contributed by atoms with Gasteiger partial charge in [0, 0.05) is 46.3 Å². The molecule has 30 heavy (non-hydrogen) atoms. The van der Waals surface area contributed by atoms with Gasteiger partial charge in [0.2, 0.25) is 5.91 Å². The Kier molecular flexibility index (Phi) is 7.36. The molecule has 2 aliphatic rings. The van der Waals surface area contributed by atoms with E-state index in [4.69, 9.17) is 14.3 Å². The van der Waals surface area contributed by atoms with Crippen LogP contribution in [0.1, 0.15) is 43.2 Å². The van der Waals surface area contributed by atoms with Crippen LogP contribution < -0.4 is 5.32 Å². The number of hydrogen-bond acceptors (Lipinski definition) is 5. The second-order valence-corrected chi connectivity index (χ2v) is 7.74. The predicted molar refractivity (Wildman–Crippen MR) is 104 cm³/mol. The quantitative estimate of drug-likeness (QED) is 0.643. The molecule has 2 aliphatic heterocycles. The number of alkyl halides is 3. The molecule has 0 bridgehead atoms. The number of carbonyl (C=O) groups excluding carboxylic acids is 1. The van der Waals surface area contributed by atoms with Gasteiger partial charge in [-0.25, -0.2) is 0 Å². The summed E-state index contributed by atoms with van der Waals surface area (Å²) in [5, 5.41) is 7.07. The number of rotatable bonds is 8. The van der Waals surface area contributed by atoms with E-state index in [-0.39, 0.29) is 12.0 Å². The summed E-state index contributed by atoms with van der Waals surface area (Å²) >= 11 is 0. The molecule has 166 valence electrons. The van der Waals surface area contributed by atoms with Crippen LogP contribution in [0.2, 0.25) is 0 Å². The number of benzene rings is 1. The third-order valence-corrected chi connectivity index (χ3v) is 5.64. The minimum absolute atomic E-state index is 0.0199. The second-order valence-electron chi connectivity index (χ2n) is 7.74. The van der Waals surface area contributed by atoms with Crippen LogP contribution in [-0.4, -0.2) is 51.2 Å². The molecule has 0 spiro atoms. The summed E-state index contributed by atoms with van der Waals surface area (Å²) in [6.45, 7) is 2.12. The molecule has 9 heteroatoms. The Hall–Kier alpha value is -2.13. The minimum atomic E-state index is -4.37. The van der Waals surface area contributed by atoms with E-state index in [1.54, 1.807) is 7.11 Å². The zero-order valence-corrected chi connectivity index (χ0v) is 17.0. The molecule has 1 saturated heterocycles. The van der Waals surface area contributed by atoms with Gasteiger partial charge < -0.3 is 19.6 Å². The average Bonchev–Trinajstić information content (AvgIpc) is 3.19. The fourth-order valence-corrected chi connectivity index (χ4v) is 3.89. The lowest BCUT2D eigenvalue weighted by atomic mass is 9.74. The van der Waals surface area contributed by atoms with Gasteiger partial charge in [-0.1, -0.05) is 17.3 Å². The summed E-state index contributed by atoms with van der Waals surface area (Å²) in [5.41, 5.74) is -0.109. The first-order valence-electron chi connectivity index (χ1n) is 10.1. The van der Waals surface area contributed by atoms with Gasteiger partial charge in [-0.3, -0.25) is 4.79 Å². The Labute approximate surface area is 173 Å².